The Bertz CT molecular complexity index is 400. The molecule has 1 unspecified atom stereocenters. The van der Waals surface area contributed by atoms with Crippen molar-refractivity contribution < 1.29 is 9.26 Å². The topological polar surface area (TPSA) is 60.2 Å². The van der Waals surface area contributed by atoms with E-state index in [4.69, 9.17) is 9.26 Å². The minimum absolute atomic E-state index is 0.0324. The molecular weight excluding hydrogens is 266 g/mol. The highest BCUT2D eigenvalue weighted by Gasteiger charge is 2.27. The lowest BCUT2D eigenvalue weighted by molar-refractivity contribution is 0.0854. The van der Waals surface area contributed by atoms with Crippen molar-refractivity contribution in [2.75, 3.05) is 13.7 Å². The van der Waals surface area contributed by atoms with E-state index in [1.165, 1.54) is 19.3 Å². The first-order valence-corrected chi connectivity index (χ1v) is 8.38. The van der Waals surface area contributed by atoms with Gasteiger partial charge in [-0.15, -0.1) is 0 Å². The van der Waals surface area contributed by atoms with E-state index in [0.29, 0.717) is 17.8 Å². The molecule has 5 heteroatoms. The van der Waals surface area contributed by atoms with Crippen molar-refractivity contribution in [1.82, 2.24) is 15.5 Å². The second-order valence-electron chi connectivity index (χ2n) is 6.01. The van der Waals surface area contributed by atoms with Crippen LogP contribution >= 0.6 is 0 Å². The van der Waals surface area contributed by atoms with Gasteiger partial charge in [0.25, 0.3) is 0 Å². The summed E-state index contributed by atoms with van der Waals surface area (Å²) in [5.74, 6) is 1.93. The normalized spacial score (nSPS) is 24.1. The molecule has 0 aromatic carbocycles. The van der Waals surface area contributed by atoms with Crippen molar-refractivity contribution in [3.05, 3.63) is 11.7 Å². The van der Waals surface area contributed by atoms with Crippen LogP contribution in [-0.4, -0.2) is 29.8 Å². The summed E-state index contributed by atoms with van der Waals surface area (Å²) in [7, 11) is 1.71. The number of nitrogens with one attached hydrogen (secondary N) is 1. The number of ether oxygens (including phenoxy) is 1. The Morgan fingerprint density at radius 3 is 2.62 bits per heavy atom. The van der Waals surface area contributed by atoms with Crippen molar-refractivity contribution in [3.63, 3.8) is 0 Å². The Kier molecular flexibility index (Phi) is 6.64. The van der Waals surface area contributed by atoms with Crippen LogP contribution in [0.3, 0.4) is 0 Å². The second-order valence-corrected chi connectivity index (χ2v) is 6.01. The number of rotatable bonds is 8. The molecular formula is C16H29N3O2. The summed E-state index contributed by atoms with van der Waals surface area (Å²) in [5.41, 5.74) is 0. The standard InChI is InChI=1S/C16H29N3O2/c1-4-6-14(20-3)15-18-16(21-19-15)12-7-9-13(10-8-12)17-11-5-2/h12-14,17H,4-11H2,1-3H3. The smallest absolute Gasteiger partial charge is 0.229 e. The summed E-state index contributed by atoms with van der Waals surface area (Å²) in [5, 5.41) is 7.73. The molecule has 0 saturated heterocycles. The molecule has 21 heavy (non-hydrogen) atoms. The van der Waals surface area contributed by atoms with E-state index < -0.39 is 0 Å². The predicted octanol–water partition coefficient (Wildman–Crippen LogP) is 3.58. The number of hydrogen-bond donors (Lipinski definition) is 1. The lowest BCUT2D eigenvalue weighted by Crippen LogP contribution is -2.33. The van der Waals surface area contributed by atoms with Gasteiger partial charge in [0.2, 0.25) is 11.7 Å². The van der Waals surface area contributed by atoms with Crippen LogP contribution < -0.4 is 5.32 Å². The summed E-state index contributed by atoms with van der Waals surface area (Å²) in [6.45, 7) is 5.46. The van der Waals surface area contributed by atoms with Crippen molar-refractivity contribution in [2.24, 2.45) is 0 Å². The van der Waals surface area contributed by atoms with Gasteiger partial charge in [-0.3, -0.25) is 0 Å². The van der Waals surface area contributed by atoms with Crippen LogP contribution in [0.5, 0.6) is 0 Å². The molecule has 1 aliphatic rings. The summed E-state index contributed by atoms with van der Waals surface area (Å²) >= 11 is 0. The second kappa shape index (κ2) is 8.49. The number of methoxy groups -OCH3 is 1. The molecule has 120 valence electrons. The van der Waals surface area contributed by atoms with Crippen LogP contribution in [0.25, 0.3) is 0 Å². The Balaban J connectivity index is 1.87. The minimum Gasteiger partial charge on any atom is -0.373 e. The van der Waals surface area contributed by atoms with Crippen LogP contribution in [-0.2, 0) is 4.74 Å². The van der Waals surface area contributed by atoms with Gasteiger partial charge in [-0.25, -0.2) is 0 Å². The number of nitrogens with zero attached hydrogens (tertiary/aromatic N) is 2. The van der Waals surface area contributed by atoms with E-state index in [9.17, 15) is 0 Å². The van der Waals surface area contributed by atoms with Crippen molar-refractivity contribution >= 4 is 0 Å². The average molecular weight is 295 g/mol. The van der Waals surface area contributed by atoms with E-state index in [2.05, 4.69) is 29.3 Å². The zero-order valence-electron chi connectivity index (χ0n) is 13.6. The molecule has 1 atom stereocenters. The minimum atomic E-state index is -0.0324. The third kappa shape index (κ3) is 4.51. The molecule has 1 N–H and O–H groups in total. The van der Waals surface area contributed by atoms with Gasteiger partial charge >= 0.3 is 0 Å². The third-order valence-electron chi connectivity index (χ3n) is 4.34. The Morgan fingerprint density at radius 2 is 2.00 bits per heavy atom. The van der Waals surface area contributed by atoms with Crippen LogP contribution in [0.4, 0.5) is 0 Å². The number of aromatic nitrogens is 2. The molecule has 0 radical (unpaired) electrons. The summed E-state index contributed by atoms with van der Waals surface area (Å²) in [6, 6.07) is 0.662. The number of hydrogen-bond acceptors (Lipinski definition) is 5. The molecule has 1 aromatic heterocycles. The zero-order valence-corrected chi connectivity index (χ0v) is 13.6. The van der Waals surface area contributed by atoms with E-state index in [0.717, 1.165) is 38.1 Å². The molecule has 1 saturated carbocycles. The first kappa shape index (κ1) is 16.4. The van der Waals surface area contributed by atoms with E-state index in [1.54, 1.807) is 7.11 Å². The molecule has 1 aliphatic carbocycles. The fourth-order valence-electron chi connectivity index (χ4n) is 3.05. The van der Waals surface area contributed by atoms with Gasteiger partial charge in [0, 0.05) is 19.1 Å². The SMILES string of the molecule is CCCNC1CCC(c2nc(C(CCC)OC)no2)CC1. The van der Waals surface area contributed by atoms with E-state index in [-0.39, 0.29) is 6.10 Å². The lowest BCUT2D eigenvalue weighted by atomic mass is 9.86. The highest BCUT2D eigenvalue weighted by molar-refractivity contribution is 4.99. The van der Waals surface area contributed by atoms with Gasteiger partial charge in [-0.05, 0) is 45.1 Å². The van der Waals surface area contributed by atoms with Gasteiger partial charge in [-0.1, -0.05) is 25.4 Å². The van der Waals surface area contributed by atoms with Gasteiger partial charge in [0.1, 0.15) is 6.10 Å². The Morgan fingerprint density at radius 1 is 1.24 bits per heavy atom. The Labute approximate surface area is 127 Å². The van der Waals surface area contributed by atoms with Crippen LogP contribution in [0, 0.1) is 0 Å². The highest BCUT2D eigenvalue weighted by atomic mass is 16.5. The van der Waals surface area contributed by atoms with Crippen molar-refractivity contribution in [1.29, 1.82) is 0 Å². The molecule has 0 aliphatic heterocycles. The lowest BCUT2D eigenvalue weighted by Gasteiger charge is -2.27. The van der Waals surface area contributed by atoms with Crippen LogP contribution in [0.1, 0.15) is 82.5 Å². The van der Waals surface area contributed by atoms with Gasteiger partial charge in [0.15, 0.2) is 0 Å². The van der Waals surface area contributed by atoms with Crippen LogP contribution in [0.15, 0.2) is 4.52 Å². The first-order valence-electron chi connectivity index (χ1n) is 8.38. The summed E-state index contributed by atoms with van der Waals surface area (Å²) < 4.78 is 10.9. The van der Waals surface area contributed by atoms with Gasteiger partial charge < -0.3 is 14.6 Å². The maximum Gasteiger partial charge on any atom is 0.229 e. The molecule has 0 amide bonds. The maximum absolute atomic E-state index is 5.49. The van der Waals surface area contributed by atoms with E-state index in [1.807, 2.05) is 0 Å². The predicted molar refractivity (Wildman–Crippen MR) is 82.2 cm³/mol. The Hall–Kier alpha value is -0.940. The molecule has 1 aromatic rings. The largest absolute Gasteiger partial charge is 0.373 e. The molecule has 5 nitrogen and oxygen atoms in total. The van der Waals surface area contributed by atoms with Crippen molar-refractivity contribution in [2.45, 2.75) is 76.9 Å². The first-order chi connectivity index (χ1) is 10.3. The summed E-state index contributed by atoms with van der Waals surface area (Å²) in [6.07, 6.45) is 7.82. The average Bonchev–Trinajstić information content (AvgIpc) is 3.00. The zero-order chi connectivity index (χ0) is 15.1. The van der Waals surface area contributed by atoms with Crippen molar-refractivity contribution in [3.8, 4) is 0 Å². The molecule has 0 bridgehead atoms. The summed E-state index contributed by atoms with van der Waals surface area (Å²) in [4.78, 5) is 4.59. The quantitative estimate of drug-likeness (QED) is 0.794. The maximum atomic E-state index is 5.49. The monoisotopic (exact) mass is 295 g/mol. The fourth-order valence-corrected chi connectivity index (χ4v) is 3.05. The fraction of sp³-hybridized carbons (Fsp3) is 0.875. The van der Waals surface area contributed by atoms with Gasteiger partial charge in [-0.2, -0.15) is 4.98 Å². The third-order valence-corrected chi connectivity index (χ3v) is 4.34. The molecule has 0 spiro atoms. The van der Waals surface area contributed by atoms with E-state index >= 15 is 0 Å². The molecule has 1 heterocycles. The highest BCUT2D eigenvalue weighted by Crippen LogP contribution is 2.32. The van der Waals surface area contributed by atoms with Crippen LogP contribution in [0.2, 0.25) is 0 Å². The molecule has 1 fully saturated rings. The molecule has 2 rings (SSSR count). The van der Waals surface area contributed by atoms with Gasteiger partial charge in [0.05, 0.1) is 0 Å².